The van der Waals surface area contributed by atoms with Crippen molar-refractivity contribution in [1.29, 1.82) is 0 Å². The molecule has 3 heteroatoms. The van der Waals surface area contributed by atoms with E-state index < -0.39 is 6.04 Å². The van der Waals surface area contributed by atoms with E-state index in [1.807, 2.05) is 6.92 Å². The molecular weight excluding hydrogens is 220 g/mol. The van der Waals surface area contributed by atoms with Gasteiger partial charge in [-0.1, -0.05) is 18.2 Å². The van der Waals surface area contributed by atoms with Crippen LogP contribution in [-0.2, 0) is 0 Å². The van der Waals surface area contributed by atoms with Crippen molar-refractivity contribution < 1.29 is 8.78 Å². The molecule has 2 N–H and O–H groups in total. The summed E-state index contributed by atoms with van der Waals surface area (Å²) in [4.78, 5) is 0. The van der Waals surface area contributed by atoms with Crippen molar-refractivity contribution >= 4 is 0 Å². The third-order valence-corrected chi connectivity index (χ3v) is 2.81. The average Bonchev–Trinajstić information content (AvgIpc) is 2.32. The quantitative estimate of drug-likeness (QED) is 0.846. The summed E-state index contributed by atoms with van der Waals surface area (Å²) in [5.74, 6) is -0.625. The Hall–Kier alpha value is -1.74. The number of hydrogen-bond donors (Lipinski definition) is 1. The molecule has 0 aliphatic heterocycles. The zero-order valence-electron chi connectivity index (χ0n) is 9.45. The summed E-state index contributed by atoms with van der Waals surface area (Å²) in [6.45, 7) is 1.87. The van der Waals surface area contributed by atoms with Gasteiger partial charge in [-0.15, -0.1) is 0 Å². The lowest BCUT2D eigenvalue weighted by atomic mass is 9.96. The molecule has 2 aromatic carbocycles. The first-order chi connectivity index (χ1) is 8.08. The smallest absolute Gasteiger partial charge is 0.123 e. The first-order valence-corrected chi connectivity index (χ1v) is 5.35. The van der Waals surface area contributed by atoms with Crippen LogP contribution < -0.4 is 5.73 Å². The van der Waals surface area contributed by atoms with Crippen molar-refractivity contribution in [2.75, 3.05) is 0 Å². The van der Waals surface area contributed by atoms with Crippen LogP contribution in [-0.4, -0.2) is 0 Å². The molecule has 0 spiro atoms. The van der Waals surface area contributed by atoms with Gasteiger partial charge in [0, 0.05) is 0 Å². The second-order valence-corrected chi connectivity index (χ2v) is 4.03. The Balaban J connectivity index is 2.39. The van der Waals surface area contributed by atoms with Gasteiger partial charge >= 0.3 is 0 Å². The van der Waals surface area contributed by atoms with E-state index in [0.29, 0.717) is 0 Å². The molecule has 2 aromatic rings. The van der Waals surface area contributed by atoms with Crippen molar-refractivity contribution in [3.63, 3.8) is 0 Å². The summed E-state index contributed by atoms with van der Waals surface area (Å²) in [6, 6.07) is 10.0. The Morgan fingerprint density at radius 2 is 1.53 bits per heavy atom. The van der Waals surface area contributed by atoms with Crippen molar-refractivity contribution in [2.45, 2.75) is 13.0 Å². The van der Waals surface area contributed by atoms with Gasteiger partial charge in [-0.05, 0) is 47.9 Å². The highest BCUT2D eigenvalue weighted by Gasteiger charge is 2.12. The van der Waals surface area contributed by atoms with Crippen LogP contribution in [0.1, 0.15) is 22.7 Å². The summed E-state index contributed by atoms with van der Waals surface area (Å²) in [5, 5.41) is 0. The Morgan fingerprint density at radius 3 is 2.18 bits per heavy atom. The Morgan fingerprint density at radius 1 is 0.941 bits per heavy atom. The van der Waals surface area contributed by atoms with E-state index in [1.165, 1.54) is 24.3 Å². The largest absolute Gasteiger partial charge is 0.320 e. The molecule has 0 radical (unpaired) electrons. The standard InChI is InChI=1S/C14H13F2N/c1-9-2-5-12(16)8-13(9)14(17)10-3-6-11(15)7-4-10/h2-8,14H,17H2,1H3. The molecule has 88 valence electrons. The first-order valence-electron chi connectivity index (χ1n) is 5.35. The fourth-order valence-corrected chi connectivity index (χ4v) is 1.80. The monoisotopic (exact) mass is 233 g/mol. The predicted octanol–water partition coefficient (Wildman–Crippen LogP) is 3.32. The summed E-state index contributed by atoms with van der Waals surface area (Å²) < 4.78 is 26.0. The molecule has 0 aromatic heterocycles. The molecule has 0 amide bonds. The minimum atomic E-state index is -0.439. The molecule has 1 atom stereocenters. The number of rotatable bonds is 2. The molecule has 0 saturated heterocycles. The van der Waals surface area contributed by atoms with Gasteiger partial charge in [-0.3, -0.25) is 0 Å². The van der Waals surface area contributed by atoms with E-state index in [0.717, 1.165) is 16.7 Å². The molecule has 2 rings (SSSR count). The number of halogens is 2. The van der Waals surface area contributed by atoms with Gasteiger partial charge in [0.15, 0.2) is 0 Å². The van der Waals surface area contributed by atoms with Crippen LogP contribution in [0.15, 0.2) is 42.5 Å². The highest BCUT2D eigenvalue weighted by molar-refractivity contribution is 5.36. The lowest BCUT2D eigenvalue weighted by Crippen LogP contribution is -2.13. The van der Waals surface area contributed by atoms with E-state index in [1.54, 1.807) is 18.2 Å². The van der Waals surface area contributed by atoms with E-state index >= 15 is 0 Å². The van der Waals surface area contributed by atoms with Crippen molar-refractivity contribution in [3.8, 4) is 0 Å². The summed E-state index contributed by atoms with van der Waals surface area (Å²) in [6.07, 6.45) is 0. The highest BCUT2D eigenvalue weighted by atomic mass is 19.1. The minimum Gasteiger partial charge on any atom is -0.320 e. The number of aryl methyl sites for hydroxylation is 1. The topological polar surface area (TPSA) is 26.0 Å². The van der Waals surface area contributed by atoms with Gasteiger partial charge in [0.2, 0.25) is 0 Å². The second kappa shape index (κ2) is 4.63. The Kier molecular flexibility index (Phi) is 3.20. The molecule has 0 fully saturated rings. The molecule has 17 heavy (non-hydrogen) atoms. The molecule has 1 nitrogen and oxygen atoms in total. The Labute approximate surface area is 98.9 Å². The molecule has 1 unspecified atom stereocenters. The van der Waals surface area contributed by atoms with E-state index in [9.17, 15) is 8.78 Å². The lowest BCUT2D eigenvalue weighted by molar-refractivity contribution is 0.621. The van der Waals surface area contributed by atoms with Crippen LogP contribution in [0, 0.1) is 18.6 Å². The molecule has 0 aliphatic rings. The molecule has 0 saturated carbocycles. The van der Waals surface area contributed by atoms with Gasteiger partial charge in [-0.25, -0.2) is 8.78 Å². The SMILES string of the molecule is Cc1ccc(F)cc1C(N)c1ccc(F)cc1. The van der Waals surface area contributed by atoms with Gasteiger partial charge in [0.1, 0.15) is 11.6 Å². The van der Waals surface area contributed by atoms with E-state index in [2.05, 4.69) is 0 Å². The lowest BCUT2D eigenvalue weighted by Gasteiger charge is -2.15. The minimum absolute atomic E-state index is 0.308. The first kappa shape index (κ1) is 11.7. The van der Waals surface area contributed by atoms with Crippen LogP contribution >= 0.6 is 0 Å². The summed E-state index contributed by atoms with van der Waals surface area (Å²) >= 11 is 0. The third-order valence-electron chi connectivity index (χ3n) is 2.81. The maximum atomic E-state index is 13.2. The van der Waals surface area contributed by atoms with Crippen molar-refractivity contribution in [1.82, 2.24) is 0 Å². The number of hydrogen-bond acceptors (Lipinski definition) is 1. The molecular formula is C14H13F2N. The van der Waals surface area contributed by atoms with E-state index in [-0.39, 0.29) is 11.6 Å². The maximum Gasteiger partial charge on any atom is 0.123 e. The highest BCUT2D eigenvalue weighted by Crippen LogP contribution is 2.23. The van der Waals surface area contributed by atoms with Crippen molar-refractivity contribution in [2.24, 2.45) is 5.73 Å². The normalized spacial score (nSPS) is 12.5. The fraction of sp³-hybridized carbons (Fsp3) is 0.143. The van der Waals surface area contributed by atoms with Crippen LogP contribution in [0.2, 0.25) is 0 Å². The zero-order chi connectivity index (χ0) is 12.4. The van der Waals surface area contributed by atoms with Gasteiger partial charge < -0.3 is 5.73 Å². The van der Waals surface area contributed by atoms with Crippen LogP contribution in [0.3, 0.4) is 0 Å². The molecule has 0 heterocycles. The number of nitrogens with two attached hydrogens (primary N) is 1. The third kappa shape index (κ3) is 2.50. The molecule has 0 bridgehead atoms. The fourth-order valence-electron chi connectivity index (χ4n) is 1.80. The van der Waals surface area contributed by atoms with Crippen LogP contribution in [0.5, 0.6) is 0 Å². The van der Waals surface area contributed by atoms with Gasteiger partial charge in [0.25, 0.3) is 0 Å². The Bertz CT molecular complexity index is 520. The molecule has 0 aliphatic carbocycles. The van der Waals surface area contributed by atoms with E-state index in [4.69, 9.17) is 5.73 Å². The average molecular weight is 233 g/mol. The summed E-state index contributed by atoms with van der Waals surface area (Å²) in [5.41, 5.74) is 8.45. The predicted molar refractivity (Wildman–Crippen MR) is 63.6 cm³/mol. The second-order valence-electron chi connectivity index (χ2n) is 4.03. The van der Waals surface area contributed by atoms with Crippen molar-refractivity contribution in [3.05, 3.63) is 70.8 Å². The van der Waals surface area contributed by atoms with Gasteiger partial charge in [0.05, 0.1) is 6.04 Å². The maximum absolute atomic E-state index is 13.2. The van der Waals surface area contributed by atoms with Crippen LogP contribution in [0.4, 0.5) is 8.78 Å². The zero-order valence-corrected chi connectivity index (χ0v) is 9.45. The summed E-state index contributed by atoms with van der Waals surface area (Å²) in [7, 11) is 0. The number of benzene rings is 2. The van der Waals surface area contributed by atoms with Crippen LogP contribution in [0.25, 0.3) is 0 Å². The van der Waals surface area contributed by atoms with Gasteiger partial charge in [-0.2, -0.15) is 0 Å².